The van der Waals surface area contributed by atoms with Crippen LogP contribution in [-0.2, 0) is 6.54 Å². The first-order valence-corrected chi connectivity index (χ1v) is 9.74. The zero-order chi connectivity index (χ0) is 19.5. The van der Waals surface area contributed by atoms with Gasteiger partial charge in [0.25, 0.3) is 5.91 Å². The number of hydrogen-bond donors (Lipinski definition) is 0. The molecule has 1 aliphatic heterocycles. The van der Waals surface area contributed by atoms with Crippen LogP contribution in [0.3, 0.4) is 0 Å². The minimum Gasteiger partial charge on any atom is -0.339 e. The van der Waals surface area contributed by atoms with Crippen LogP contribution in [0.2, 0.25) is 0 Å². The molecule has 0 N–H and O–H groups in total. The molecule has 0 saturated carbocycles. The van der Waals surface area contributed by atoms with Gasteiger partial charge in [0.2, 0.25) is 0 Å². The van der Waals surface area contributed by atoms with Gasteiger partial charge in [-0.3, -0.25) is 4.79 Å². The lowest BCUT2D eigenvalue weighted by Gasteiger charge is -2.32. The summed E-state index contributed by atoms with van der Waals surface area (Å²) in [6, 6.07) is 13.9. The Labute approximate surface area is 164 Å². The molecule has 1 aliphatic rings. The lowest BCUT2D eigenvalue weighted by molar-refractivity contribution is 0.0683. The van der Waals surface area contributed by atoms with Crippen LogP contribution in [0.1, 0.15) is 29.0 Å². The van der Waals surface area contributed by atoms with Gasteiger partial charge in [-0.25, -0.2) is 9.37 Å². The van der Waals surface area contributed by atoms with Crippen molar-refractivity contribution < 1.29 is 9.18 Å². The number of rotatable bonds is 4. The highest BCUT2D eigenvalue weighted by molar-refractivity contribution is 6.00. The molecule has 4 rings (SSSR count). The third-order valence-corrected chi connectivity index (χ3v) is 5.59. The van der Waals surface area contributed by atoms with E-state index in [4.69, 9.17) is 0 Å². The number of nitrogens with zero attached hydrogens (tertiary/aromatic N) is 3. The highest BCUT2D eigenvalue weighted by atomic mass is 19.1. The first-order chi connectivity index (χ1) is 13.6. The van der Waals surface area contributed by atoms with E-state index in [-0.39, 0.29) is 11.7 Å². The molecule has 0 unspecified atom stereocenters. The standard InChI is InChI=1S/C23H24FN3O/c1-17-25-12-15-27(17)16-18-10-13-26(14-11-18)23(28)22-5-3-2-4-21(22)19-6-8-20(24)9-7-19/h2-9,12,15,18H,10-11,13-14,16H2,1H3. The van der Waals surface area contributed by atoms with Crippen molar-refractivity contribution in [3.05, 3.63) is 78.1 Å². The van der Waals surface area contributed by atoms with E-state index in [9.17, 15) is 9.18 Å². The molecule has 0 radical (unpaired) electrons. The van der Waals surface area contributed by atoms with Gasteiger partial charge in [0, 0.05) is 37.6 Å². The van der Waals surface area contributed by atoms with Crippen molar-refractivity contribution in [1.29, 1.82) is 0 Å². The Bertz CT molecular complexity index is 956. The van der Waals surface area contributed by atoms with Crippen LogP contribution in [0.15, 0.2) is 60.9 Å². The van der Waals surface area contributed by atoms with Gasteiger partial charge in [-0.15, -0.1) is 0 Å². The Morgan fingerprint density at radius 1 is 1.11 bits per heavy atom. The number of imidazole rings is 1. The quantitative estimate of drug-likeness (QED) is 0.669. The van der Waals surface area contributed by atoms with Gasteiger partial charge in [0.15, 0.2) is 0 Å². The second-order valence-corrected chi connectivity index (χ2v) is 7.41. The lowest BCUT2D eigenvalue weighted by atomic mass is 9.94. The van der Waals surface area contributed by atoms with Gasteiger partial charge in [-0.2, -0.15) is 0 Å². The summed E-state index contributed by atoms with van der Waals surface area (Å²) in [5.41, 5.74) is 2.39. The van der Waals surface area contributed by atoms with E-state index in [1.54, 1.807) is 12.1 Å². The monoisotopic (exact) mass is 377 g/mol. The van der Waals surface area contributed by atoms with E-state index >= 15 is 0 Å². The van der Waals surface area contributed by atoms with Crippen molar-refractivity contribution in [3.8, 4) is 11.1 Å². The minimum atomic E-state index is -0.275. The number of aryl methyl sites for hydroxylation is 1. The smallest absolute Gasteiger partial charge is 0.254 e. The van der Waals surface area contributed by atoms with E-state index in [0.717, 1.165) is 49.4 Å². The predicted molar refractivity (Wildman–Crippen MR) is 107 cm³/mol. The fourth-order valence-electron chi connectivity index (χ4n) is 3.91. The number of halogens is 1. The van der Waals surface area contributed by atoms with Crippen LogP contribution >= 0.6 is 0 Å². The lowest BCUT2D eigenvalue weighted by Crippen LogP contribution is -2.39. The largest absolute Gasteiger partial charge is 0.339 e. The number of carbonyl (C=O) groups is 1. The minimum absolute atomic E-state index is 0.0530. The second kappa shape index (κ2) is 7.97. The Morgan fingerprint density at radius 3 is 2.50 bits per heavy atom. The van der Waals surface area contributed by atoms with Crippen LogP contribution in [0.5, 0.6) is 0 Å². The topological polar surface area (TPSA) is 38.1 Å². The molecule has 4 nitrogen and oxygen atoms in total. The van der Waals surface area contributed by atoms with Gasteiger partial charge in [0.05, 0.1) is 0 Å². The summed E-state index contributed by atoms with van der Waals surface area (Å²) < 4.78 is 15.5. The average Bonchev–Trinajstić information content (AvgIpc) is 3.13. The fourth-order valence-corrected chi connectivity index (χ4v) is 3.91. The number of aromatic nitrogens is 2. The molecule has 3 aromatic rings. The van der Waals surface area contributed by atoms with Gasteiger partial charge in [-0.1, -0.05) is 30.3 Å². The zero-order valence-corrected chi connectivity index (χ0v) is 16.0. The van der Waals surface area contributed by atoms with Crippen molar-refractivity contribution in [1.82, 2.24) is 14.5 Å². The van der Waals surface area contributed by atoms with E-state index in [2.05, 4.69) is 9.55 Å². The van der Waals surface area contributed by atoms with E-state index < -0.39 is 0 Å². The maximum atomic E-state index is 13.3. The van der Waals surface area contributed by atoms with Crippen molar-refractivity contribution in [2.24, 2.45) is 5.92 Å². The van der Waals surface area contributed by atoms with Gasteiger partial charge in [-0.05, 0) is 55.0 Å². The number of hydrogen-bond acceptors (Lipinski definition) is 2. The molecule has 1 aromatic heterocycles. The summed E-state index contributed by atoms with van der Waals surface area (Å²) in [6.45, 7) is 4.50. The van der Waals surface area contributed by atoms with Crippen LogP contribution in [-0.4, -0.2) is 33.4 Å². The molecular formula is C23H24FN3O. The normalized spacial score (nSPS) is 15.0. The van der Waals surface area contributed by atoms with Crippen molar-refractivity contribution in [2.45, 2.75) is 26.3 Å². The molecule has 0 atom stereocenters. The molecule has 144 valence electrons. The summed E-state index contributed by atoms with van der Waals surface area (Å²) in [5, 5.41) is 0. The molecular weight excluding hydrogens is 353 g/mol. The van der Waals surface area contributed by atoms with Crippen molar-refractivity contribution in [3.63, 3.8) is 0 Å². The Hall–Kier alpha value is -2.95. The average molecular weight is 377 g/mol. The zero-order valence-electron chi connectivity index (χ0n) is 16.0. The summed E-state index contributed by atoms with van der Waals surface area (Å²) in [7, 11) is 0. The van der Waals surface area contributed by atoms with Crippen LogP contribution in [0, 0.1) is 18.7 Å². The van der Waals surface area contributed by atoms with Crippen LogP contribution < -0.4 is 0 Å². The summed E-state index contributed by atoms with van der Waals surface area (Å²) in [4.78, 5) is 19.4. The molecule has 0 bridgehead atoms. The van der Waals surface area contributed by atoms with Gasteiger partial charge in [0.1, 0.15) is 11.6 Å². The predicted octanol–water partition coefficient (Wildman–Crippen LogP) is 4.55. The summed E-state index contributed by atoms with van der Waals surface area (Å²) in [5.74, 6) is 1.37. The highest BCUT2D eigenvalue weighted by Crippen LogP contribution is 2.27. The maximum Gasteiger partial charge on any atom is 0.254 e. The molecule has 0 spiro atoms. The summed E-state index contributed by atoms with van der Waals surface area (Å²) >= 11 is 0. The van der Waals surface area contributed by atoms with E-state index in [1.165, 1.54) is 12.1 Å². The first kappa shape index (κ1) is 18.4. The molecule has 0 aliphatic carbocycles. The Kier molecular flexibility index (Phi) is 5.24. The fraction of sp³-hybridized carbons (Fsp3) is 0.304. The number of benzene rings is 2. The third kappa shape index (κ3) is 3.84. The molecule has 5 heteroatoms. The van der Waals surface area contributed by atoms with Gasteiger partial charge < -0.3 is 9.47 Å². The van der Waals surface area contributed by atoms with Crippen LogP contribution in [0.4, 0.5) is 4.39 Å². The molecule has 2 aromatic carbocycles. The van der Waals surface area contributed by atoms with E-state index in [1.807, 2.05) is 48.5 Å². The van der Waals surface area contributed by atoms with Gasteiger partial charge >= 0.3 is 0 Å². The van der Waals surface area contributed by atoms with Crippen LogP contribution in [0.25, 0.3) is 11.1 Å². The van der Waals surface area contributed by atoms with Crippen molar-refractivity contribution >= 4 is 5.91 Å². The Morgan fingerprint density at radius 2 is 1.82 bits per heavy atom. The first-order valence-electron chi connectivity index (χ1n) is 9.74. The number of piperidine rings is 1. The van der Waals surface area contributed by atoms with E-state index in [0.29, 0.717) is 11.5 Å². The Balaban J connectivity index is 1.46. The summed E-state index contributed by atoms with van der Waals surface area (Å²) in [6.07, 6.45) is 5.83. The number of likely N-dealkylation sites (tertiary alicyclic amines) is 1. The molecule has 2 heterocycles. The molecule has 1 fully saturated rings. The second-order valence-electron chi connectivity index (χ2n) is 7.41. The maximum absolute atomic E-state index is 13.3. The third-order valence-electron chi connectivity index (χ3n) is 5.59. The number of amides is 1. The molecule has 1 saturated heterocycles. The molecule has 28 heavy (non-hydrogen) atoms. The SMILES string of the molecule is Cc1nccn1CC1CCN(C(=O)c2ccccc2-c2ccc(F)cc2)CC1. The molecule has 1 amide bonds. The highest BCUT2D eigenvalue weighted by Gasteiger charge is 2.25. The number of carbonyl (C=O) groups excluding carboxylic acids is 1. The van der Waals surface area contributed by atoms with Crippen molar-refractivity contribution in [2.75, 3.05) is 13.1 Å².